The third-order valence-electron chi connectivity index (χ3n) is 6.89. The maximum absolute atomic E-state index is 13.5. The summed E-state index contributed by atoms with van der Waals surface area (Å²) in [5, 5.41) is 0. The summed E-state index contributed by atoms with van der Waals surface area (Å²) in [6.07, 6.45) is 10.6. The topological polar surface area (TPSA) is 65.9 Å². The summed E-state index contributed by atoms with van der Waals surface area (Å²) in [4.78, 5) is 45.9. The molecule has 2 aromatic rings. The van der Waals surface area contributed by atoms with Crippen LogP contribution >= 0.6 is 0 Å². The third-order valence-corrected chi connectivity index (χ3v) is 6.89. The van der Waals surface area contributed by atoms with E-state index >= 15 is 0 Å². The number of likely N-dealkylation sites (tertiary alicyclic amines) is 1. The molecule has 2 aliphatic rings. The van der Waals surface area contributed by atoms with Crippen LogP contribution < -0.4 is 5.43 Å². The fourth-order valence-electron chi connectivity index (χ4n) is 4.94. The minimum atomic E-state index is -0.441. The number of amides is 2. The second kappa shape index (κ2) is 12.2. The van der Waals surface area contributed by atoms with Gasteiger partial charge in [-0.2, -0.15) is 0 Å². The molecule has 192 valence electrons. The standard InChI is InChI=1S/C29H38N4O3/c1-23(2)20-31-21-25(28(35)32-14-7-4-8-15-32)27(34)26(22-31)29(36)33-18-16-30(17-19-33)13-9-12-24-10-5-3-6-11-24/h3,5-6,9-12,21-23H,4,7-8,13-20H2,1-2H3/b12-9+. The van der Waals surface area contributed by atoms with Crippen molar-refractivity contribution in [1.82, 2.24) is 19.3 Å². The van der Waals surface area contributed by atoms with Gasteiger partial charge >= 0.3 is 0 Å². The normalized spacial score (nSPS) is 17.2. The van der Waals surface area contributed by atoms with Gasteiger partial charge in [0.25, 0.3) is 11.8 Å². The van der Waals surface area contributed by atoms with E-state index in [2.05, 4.69) is 43.0 Å². The van der Waals surface area contributed by atoms with Crippen LogP contribution in [-0.2, 0) is 6.54 Å². The van der Waals surface area contributed by atoms with E-state index in [9.17, 15) is 14.4 Å². The van der Waals surface area contributed by atoms with Crippen LogP contribution in [0.25, 0.3) is 6.08 Å². The predicted octanol–water partition coefficient (Wildman–Crippen LogP) is 3.60. The highest BCUT2D eigenvalue weighted by Gasteiger charge is 2.28. The zero-order valence-corrected chi connectivity index (χ0v) is 21.6. The van der Waals surface area contributed by atoms with Gasteiger partial charge in [0.15, 0.2) is 0 Å². The second-order valence-electron chi connectivity index (χ2n) is 10.3. The van der Waals surface area contributed by atoms with Crippen molar-refractivity contribution < 1.29 is 9.59 Å². The van der Waals surface area contributed by atoms with Crippen molar-refractivity contribution in [1.29, 1.82) is 0 Å². The molecule has 2 amide bonds. The van der Waals surface area contributed by atoms with Gasteiger partial charge in [0, 0.05) is 64.8 Å². The molecule has 2 aliphatic heterocycles. The first-order valence-electron chi connectivity index (χ1n) is 13.2. The summed E-state index contributed by atoms with van der Waals surface area (Å²) in [5.74, 6) is -0.201. The van der Waals surface area contributed by atoms with Gasteiger partial charge in [0.05, 0.1) is 0 Å². The van der Waals surface area contributed by atoms with Crippen molar-refractivity contribution >= 4 is 17.9 Å². The maximum Gasteiger partial charge on any atom is 0.259 e. The largest absolute Gasteiger partial charge is 0.352 e. The lowest BCUT2D eigenvalue weighted by atomic mass is 10.1. The Labute approximate surface area is 214 Å². The van der Waals surface area contributed by atoms with Gasteiger partial charge in [0.2, 0.25) is 5.43 Å². The lowest BCUT2D eigenvalue weighted by Gasteiger charge is -2.34. The lowest BCUT2D eigenvalue weighted by Crippen LogP contribution is -2.49. The number of hydrogen-bond donors (Lipinski definition) is 0. The van der Waals surface area contributed by atoms with Crippen LogP contribution in [0, 0.1) is 5.92 Å². The van der Waals surface area contributed by atoms with Crippen LogP contribution in [0.4, 0.5) is 0 Å². The monoisotopic (exact) mass is 490 g/mol. The van der Waals surface area contributed by atoms with Crippen molar-refractivity contribution in [2.75, 3.05) is 45.8 Å². The van der Waals surface area contributed by atoms with Crippen LogP contribution in [0.5, 0.6) is 0 Å². The first-order chi connectivity index (χ1) is 17.4. The van der Waals surface area contributed by atoms with E-state index in [4.69, 9.17) is 0 Å². The lowest BCUT2D eigenvalue weighted by molar-refractivity contribution is 0.0647. The molecular weight excluding hydrogens is 452 g/mol. The maximum atomic E-state index is 13.5. The van der Waals surface area contributed by atoms with E-state index < -0.39 is 5.43 Å². The Balaban J connectivity index is 1.46. The summed E-state index contributed by atoms with van der Waals surface area (Å²) < 4.78 is 1.85. The highest BCUT2D eigenvalue weighted by atomic mass is 16.2. The number of aromatic nitrogens is 1. The zero-order chi connectivity index (χ0) is 25.5. The molecule has 0 saturated carbocycles. The number of hydrogen-bond acceptors (Lipinski definition) is 4. The number of carbonyl (C=O) groups excluding carboxylic acids is 2. The molecule has 1 aromatic heterocycles. The molecule has 0 bridgehead atoms. The first kappa shape index (κ1) is 25.9. The molecule has 4 rings (SSSR count). The number of piperidine rings is 1. The highest BCUT2D eigenvalue weighted by molar-refractivity contribution is 5.99. The Hall–Kier alpha value is -3.19. The predicted molar refractivity (Wildman–Crippen MR) is 143 cm³/mol. The van der Waals surface area contributed by atoms with Crippen molar-refractivity contribution in [3.05, 3.63) is 75.7 Å². The molecule has 0 spiro atoms. The number of benzene rings is 1. The van der Waals surface area contributed by atoms with E-state index in [1.807, 2.05) is 22.8 Å². The SMILES string of the molecule is CC(C)Cn1cc(C(=O)N2CCCCC2)c(=O)c(C(=O)N2CCN(C/C=C/c3ccccc3)CC2)c1. The van der Waals surface area contributed by atoms with Crippen molar-refractivity contribution in [3.8, 4) is 0 Å². The van der Waals surface area contributed by atoms with Crippen molar-refractivity contribution in [3.63, 3.8) is 0 Å². The van der Waals surface area contributed by atoms with Crippen molar-refractivity contribution in [2.24, 2.45) is 5.92 Å². The number of pyridine rings is 1. The summed E-state index contributed by atoms with van der Waals surface area (Å²) >= 11 is 0. The molecule has 0 aliphatic carbocycles. The molecular formula is C29H38N4O3. The summed E-state index contributed by atoms with van der Waals surface area (Å²) in [6.45, 7) is 9.57. The molecule has 7 heteroatoms. The van der Waals surface area contributed by atoms with Crippen LogP contribution in [0.3, 0.4) is 0 Å². The molecule has 0 atom stereocenters. The molecule has 7 nitrogen and oxygen atoms in total. The Morgan fingerprint density at radius 2 is 1.42 bits per heavy atom. The van der Waals surface area contributed by atoms with Gasteiger partial charge < -0.3 is 14.4 Å². The minimum absolute atomic E-state index is 0.107. The van der Waals surface area contributed by atoms with E-state index in [1.54, 1.807) is 22.2 Å². The number of nitrogens with zero attached hydrogens (tertiary/aromatic N) is 4. The average molecular weight is 491 g/mol. The number of rotatable bonds is 7. The molecule has 3 heterocycles. The zero-order valence-electron chi connectivity index (χ0n) is 21.6. The first-order valence-corrected chi connectivity index (χ1v) is 13.2. The van der Waals surface area contributed by atoms with Crippen molar-refractivity contribution in [2.45, 2.75) is 39.7 Å². The molecule has 0 radical (unpaired) electrons. The Morgan fingerprint density at radius 1 is 0.833 bits per heavy atom. The van der Waals surface area contributed by atoms with Gasteiger partial charge in [-0.15, -0.1) is 0 Å². The van der Waals surface area contributed by atoms with E-state index in [1.165, 1.54) is 5.56 Å². The molecule has 2 fully saturated rings. The molecule has 1 aromatic carbocycles. The van der Waals surface area contributed by atoms with Gasteiger partial charge in [-0.3, -0.25) is 19.3 Å². The Bertz CT molecular complexity index is 1120. The van der Waals surface area contributed by atoms with E-state index in [0.717, 1.165) is 38.9 Å². The minimum Gasteiger partial charge on any atom is -0.352 e. The van der Waals surface area contributed by atoms with E-state index in [0.29, 0.717) is 38.6 Å². The van der Waals surface area contributed by atoms with E-state index in [-0.39, 0.29) is 22.9 Å². The average Bonchev–Trinajstić information content (AvgIpc) is 2.90. The highest BCUT2D eigenvalue weighted by Crippen LogP contribution is 2.14. The molecule has 0 N–H and O–H groups in total. The number of piperazine rings is 1. The smallest absolute Gasteiger partial charge is 0.259 e. The van der Waals surface area contributed by atoms with Crippen LogP contribution in [0.2, 0.25) is 0 Å². The van der Waals surface area contributed by atoms with Crippen LogP contribution in [-0.4, -0.2) is 76.9 Å². The van der Waals surface area contributed by atoms with Gasteiger partial charge in [0.1, 0.15) is 11.1 Å². The Morgan fingerprint density at radius 3 is 2.00 bits per heavy atom. The van der Waals surface area contributed by atoms with Crippen LogP contribution in [0.15, 0.2) is 53.6 Å². The summed E-state index contributed by atoms with van der Waals surface area (Å²) in [5.41, 5.74) is 0.954. The summed E-state index contributed by atoms with van der Waals surface area (Å²) in [7, 11) is 0. The molecule has 0 unspecified atom stereocenters. The second-order valence-corrected chi connectivity index (χ2v) is 10.3. The van der Waals surface area contributed by atoms with Gasteiger partial charge in [-0.1, -0.05) is 56.3 Å². The fourth-order valence-corrected chi connectivity index (χ4v) is 4.94. The van der Waals surface area contributed by atoms with Crippen LogP contribution in [0.1, 0.15) is 59.4 Å². The Kier molecular flexibility index (Phi) is 8.75. The molecule has 36 heavy (non-hydrogen) atoms. The quantitative estimate of drug-likeness (QED) is 0.595. The number of carbonyl (C=O) groups is 2. The summed E-state index contributed by atoms with van der Waals surface area (Å²) in [6, 6.07) is 10.2. The van der Waals surface area contributed by atoms with Gasteiger partial charge in [-0.25, -0.2) is 0 Å². The third kappa shape index (κ3) is 6.52. The fraction of sp³-hybridized carbons (Fsp3) is 0.483. The molecule has 2 saturated heterocycles. The van der Waals surface area contributed by atoms with Gasteiger partial charge in [-0.05, 0) is 30.7 Å².